The fourth-order valence-corrected chi connectivity index (χ4v) is 2.69. The molecule has 1 aromatic heterocycles. The highest BCUT2D eigenvalue weighted by molar-refractivity contribution is 7.09. The Bertz CT molecular complexity index is 638. The number of aryl methyl sites for hydroxylation is 1. The van der Waals surface area contributed by atoms with Crippen molar-refractivity contribution in [3.8, 4) is 0 Å². The van der Waals surface area contributed by atoms with Gasteiger partial charge in [-0.05, 0) is 42.5 Å². The number of nitrogen functional groups attached to an aromatic ring is 1. The molecular formula is C15H16N2O3S. The number of nitrogens with two attached hydrogens (primary N) is 1. The van der Waals surface area contributed by atoms with Crippen molar-refractivity contribution in [1.29, 1.82) is 0 Å². The van der Waals surface area contributed by atoms with Crippen molar-refractivity contribution in [2.75, 3.05) is 11.1 Å². The lowest BCUT2D eigenvalue weighted by Crippen LogP contribution is -2.14. The second-order valence-corrected chi connectivity index (χ2v) is 5.62. The van der Waals surface area contributed by atoms with Crippen molar-refractivity contribution >= 4 is 34.6 Å². The van der Waals surface area contributed by atoms with Gasteiger partial charge in [-0.3, -0.25) is 4.79 Å². The predicted molar refractivity (Wildman–Crippen MR) is 83.7 cm³/mol. The lowest BCUT2D eigenvalue weighted by molar-refractivity contribution is -0.116. The number of hydrogen-bond donors (Lipinski definition) is 3. The molecule has 1 amide bonds. The van der Waals surface area contributed by atoms with E-state index in [1.165, 1.54) is 23.1 Å². The number of rotatable bonds is 6. The SMILES string of the molecule is Nc1ccc(C(=O)O)c(NC(=O)CCCc2cccs2)c1. The molecule has 4 N–H and O–H groups in total. The molecule has 0 aliphatic rings. The molecule has 0 atom stereocenters. The van der Waals surface area contributed by atoms with Gasteiger partial charge in [0.1, 0.15) is 0 Å². The van der Waals surface area contributed by atoms with Crippen LogP contribution in [0.5, 0.6) is 0 Å². The van der Waals surface area contributed by atoms with E-state index in [2.05, 4.69) is 5.32 Å². The predicted octanol–water partition coefficient (Wildman–Crippen LogP) is 2.99. The third kappa shape index (κ3) is 4.32. The van der Waals surface area contributed by atoms with E-state index in [1.54, 1.807) is 11.3 Å². The lowest BCUT2D eigenvalue weighted by atomic mass is 10.1. The molecule has 0 saturated heterocycles. The summed E-state index contributed by atoms with van der Waals surface area (Å²) in [6.45, 7) is 0. The fourth-order valence-electron chi connectivity index (χ4n) is 1.94. The number of amides is 1. The average Bonchev–Trinajstić information content (AvgIpc) is 2.91. The van der Waals surface area contributed by atoms with E-state index in [-0.39, 0.29) is 17.2 Å². The Hall–Kier alpha value is -2.34. The molecule has 5 nitrogen and oxygen atoms in total. The summed E-state index contributed by atoms with van der Waals surface area (Å²) in [5.41, 5.74) is 6.31. The monoisotopic (exact) mass is 304 g/mol. The van der Waals surface area contributed by atoms with E-state index >= 15 is 0 Å². The molecule has 2 aromatic rings. The van der Waals surface area contributed by atoms with Gasteiger partial charge in [0, 0.05) is 17.0 Å². The van der Waals surface area contributed by atoms with Crippen molar-refractivity contribution in [2.24, 2.45) is 0 Å². The number of nitrogens with one attached hydrogen (secondary N) is 1. The average molecular weight is 304 g/mol. The van der Waals surface area contributed by atoms with E-state index < -0.39 is 5.97 Å². The van der Waals surface area contributed by atoms with Gasteiger partial charge in [0.15, 0.2) is 0 Å². The van der Waals surface area contributed by atoms with Crippen molar-refractivity contribution in [1.82, 2.24) is 0 Å². The highest BCUT2D eigenvalue weighted by Crippen LogP contribution is 2.20. The van der Waals surface area contributed by atoms with Crippen molar-refractivity contribution < 1.29 is 14.7 Å². The van der Waals surface area contributed by atoms with Gasteiger partial charge >= 0.3 is 5.97 Å². The minimum atomic E-state index is -1.09. The van der Waals surface area contributed by atoms with Crippen LogP contribution in [0.15, 0.2) is 35.7 Å². The zero-order valence-corrected chi connectivity index (χ0v) is 12.2. The number of hydrogen-bond acceptors (Lipinski definition) is 4. The Morgan fingerprint density at radius 3 is 2.76 bits per heavy atom. The topological polar surface area (TPSA) is 92.4 Å². The summed E-state index contributed by atoms with van der Waals surface area (Å²) in [5, 5.41) is 13.7. The summed E-state index contributed by atoms with van der Waals surface area (Å²) < 4.78 is 0. The molecule has 0 fully saturated rings. The van der Waals surface area contributed by atoms with Crippen molar-refractivity contribution in [3.05, 3.63) is 46.2 Å². The van der Waals surface area contributed by atoms with Gasteiger partial charge in [-0.15, -0.1) is 11.3 Å². The summed E-state index contributed by atoms with van der Waals surface area (Å²) in [4.78, 5) is 24.2. The lowest BCUT2D eigenvalue weighted by Gasteiger charge is -2.09. The number of anilines is 2. The van der Waals surface area contributed by atoms with E-state index in [0.717, 1.165) is 12.8 Å². The minimum absolute atomic E-state index is 0.0378. The van der Waals surface area contributed by atoms with Crippen molar-refractivity contribution in [2.45, 2.75) is 19.3 Å². The molecule has 0 bridgehead atoms. The second-order valence-electron chi connectivity index (χ2n) is 4.59. The van der Waals surface area contributed by atoms with Crippen LogP contribution in [-0.4, -0.2) is 17.0 Å². The molecule has 1 heterocycles. The summed E-state index contributed by atoms with van der Waals surface area (Å²) >= 11 is 1.66. The van der Waals surface area contributed by atoms with E-state index in [1.807, 2.05) is 17.5 Å². The van der Waals surface area contributed by atoms with Crippen LogP contribution in [0, 0.1) is 0 Å². The summed E-state index contributed by atoms with van der Waals surface area (Å²) in [7, 11) is 0. The normalized spacial score (nSPS) is 10.3. The number of thiophene rings is 1. The van der Waals surface area contributed by atoms with Crippen LogP contribution in [-0.2, 0) is 11.2 Å². The van der Waals surface area contributed by atoms with Crippen LogP contribution >= 0.6 is 11.3 Å². The first-order valence-electron chi connectivity index (χ1n) is 6.51. The first-order valence-corrected chi connectivity index (χ1v) is 7.39. The third-order valence-electron chi connectivity index (χ3n) is 2.96. The van der Waals surface area contributed by atoms with Gasteiger partial charge in [-0.2, -0.15) is 0 Å². The Morgan fingerprint density at radius 2 is 2.10 bits per heavy atom. The molecule has 0 aliphatic carbocycles. The molecule has 0 spiro atoms. The number of carbonyl (C=O) groups excluding carboxylic acids is 1. The Labute approximate surface area is 126 Å². The quantitative estimate of drug-likeness (QED) is 0.715. The third-order valence-corrected chi connectivity index (χ3v) is 3.89. The molecule has 0 aliphatic heterocycles. The van der Waals surface area contributed by atoms with Crippen LogP contribution < -0.4 is 11.1 Å². The van der Waals surface area contributed by atoms with E-state index in [0.29, 0.717) is 12.1 Å². The van der Waals surface area contributed by atoms with Crippen molar-refractivity contribution in [3.63, 3.8) is 0 Å². The van der Waals surface area contributed by atoms with Gasteiger partial charge in [0.05, 0.1) is 11.3 Å². The summed E-state index contributed by atoms with van der Waals surface area (Å²) in [6.07, 6.45) is 1.90. The smallest absolute Gasteiger partial charge is 0.337 e. The number of benzene rings is 1. The Morgan fingerprint density at radius 1 is 1.29 bits per heavy atom. The summed E-state index contributed by atoms with van der Waals surface area (Å²) in [6, 6.07) is 8.35. The standard InChI is InChI=1S/C15H16N2O3S/c16-10-6-7-12(15(19)20)13(9-10)17-14(18)5-1-3-11-4-2-8-21-11/h2,4,6-9H,1,3,5,16H2,(H,17,18)(H,19,20). The Balaban J connectivity index is 1.93. The van der Waals surface area contributed by atoms with Crippen LogP contribution in [0.1, 0.15) is 28.1 Å². The maximum absolute atomic E-state index is 11.9. The van der Waals surface area contributed by atoms with Gasteiger partial charge in [0.25, 0.3) is 0 Å². The van der Waals surface area contributed by atoms with Gasteiger partial charge in [-0.1, -0.05) is 6.07 Å². The fraction of sp³-hybridized carbons (Fsp3) is 0.200. The number of carboxylic acid groups (broad SMARTS) is 1. The number of carboxylic acids is 1. The Kier molecular flexibility index (Phi) is 4.94. The minimum Gasteiger partial charge on any atom is -0.478 e. The van der Waals surface area contributed by atoms with Crippen LogP contribution in [0.3, 0.4) is 0 Å². The zero-order valence-electron chi connectivity index (χ0n) is 11.3. The maximum atomic E-state index is 11.9. The summed E-state index contributed by atoms with van der Waals surface area (Å²) in [5.74, 6) is -1.30. The van der Waals surface area contributed by atoms with E-state index in [9.17, 15) is 9.59 Å². The van der Waals surface area contributed by atoms with Crippen LogP contribution in [0.2, 0.25) is 0 Å². The molecule has 2 rings (SSSR count). The highest BCUT2D eigenvalue weighted by Gasteiger charge is 2.12. The maximum Gasteiger partial charge on any atom is 0.337 e. The van der Waals surface area contributed by atoms with Crippen LogP contribution in [0.25, 0.3) is 0 Å². The van der Waals surface area contributed by atoms with Crippen LogP contribution in [0.4, 0.5) is 11.4 Å². The molecule has 0 unspecified atom stereocenters. The second kappa shape index (κ2) is 6.90. The number of carbonyl (C=O) groups is 2. The van der Waals surface area contributed by atoms with Gasteiger partial charge in [0.2, 0.25) is 5.91 Å². The van der Waals surface area contributed by atoms with Gasteiger partial charge < -0.3 is 16.2 Å². The molecule has 6 heteroatoms. The first kappa shape index (κ1) is 15.1. The number of aromatic carboxylic acids is 1. The largest absolute Gasteiger partial charge is 0.478 e. The molecule has 110 valence electrons. The molecular weight excluding hydrogens is 288 g/mol. The molecule has 1 aromatic carbocycles. The molecule has 0 radical (unpaired) electrons. The first-order chi connectivity index (χ1) is 10.1. The van der Waals surface area contributed by atoms with E-state index in [4.69, 9.17) is 10.8 Å². The zero-order chi connectivity index (χ0) is 15.2. The highest BCUT2D eigenvalue weighted by atomic mass is 32.1. The molecule has 0 saturated carbocycles. The van der Waals surface area contributed by atoms with Gasteiger partial charge in [-0.25, -0.2) is 4.79 Å². The molecule has 21 heavy (non-hydrogen) atoms.